The van der Waals surface area contributed by atoms with Crippen LogP contribution in [0.15, 0.2) is 50.0 Å². The Labute approximate surface area is 107 Å². The summed E-state index contributed by atoms with van der Waals surface area (Å²) in [7, 11) is 0. The highest BCUT2D eigenvalue weighted by Crippen LogP contribution is 2.20. The number of aryl methyl sites for hydroxylation is 2. The minimum absolute atomic E-state index is 0.450. The van der Waals surface area contributed by atoms with Crippen molar-refractivity contribution in [1.29, 1.82) is 0 Å². The Morgan fingerprint density at radius 1 is 0.833 bits per heavy atom. The second-order valence-electron chi connectivity index (χ2n) is 3.37. The van der Waals surface area contributed by atoms with Gasteiger partial charge in [-0.15, -0.1) is 0 Å². The van der Waals surface area contributed by atoms with Crippen molar-refractivity contribution in [2.24, 2.45) is 0 Å². The molecule has 0 atom stereocenters. The van der Waals surface area contributed by atoms with E-state index in [2.05, 4.69) is 23.1 Å². The summed E-state index contributed by atoms with van der Waals surface area (Å²) in [5.74, 6) is 0.899. The van der Waals surface area contributed by atoms with Gasteiger partial charge in [0.25, 0.3) is 0 Å². The highest BCUT2D eigenvalue weighted by atomic mass is 16.5. The van der Waals surface area contributed by atoms with Gasteiger partial charge >= 0.3 is 0 Å². The van der Waals surface area contributed by atoms with Gasteiger partial charge in [-0.25, -0.2) is 9.97 Å². The first-order chi connectivity index (χ1) is 8.69. The number of nitrogens with zero attached hydrogens (tertiary/aromatic N) is 2. The summed E-state index contributed by atoms with van der Waals surface area (Å²) < 4.78 is 10.6. The largest absolute Gasteiger partial charge is 0.445 e. The fraction of sp³-hybridized carbons (Fsp3) is 0.143. The number of aromatic nitrogens is 2. The highest BCUT2D eigenvalue weighted by Gasteiger charge is 2.08. The van der Waals surface area contributed by atoms with Gasteiger partial charge in [0.15, 0.2) is 0 Å². The molecule has 0 bridgehead atoms. The van der Waals surface area contributed by atoms with Gasteiger partial charge in [-0.1, -0.05) is 25.3 Å². The molecule has 0 radical (unpaired) electrons. The molecule has 0 amide bonds. The molecule has 0 aromatic carbocycles. The summed E-state index contributed by atoms with van der Waals surface area (Å²) in [6.07, 6.45) is 9.59. The van der Waals surface area contributed by atoms with Gasteiger partial charge in [-0.2, -0.15) is 0 Å². The van der Waals surface area contributed by atoms with Crippen LogP contribution in [-0.4, -0.2) is 9.97 Å². The predicted octanol–water partition coefficient (Wildman–Crippen LogP) is 3.25. The molecule has 0 aliphatic carbocycles. The Hall–Kier alpha value is -2.36. The van der Waals surface area contributed by atoms with Crippen molar-refractivity contribution < 1.29 is 9.47 Å². The molecule has 0 N–H and O–H groups in total. The molecule has 1 rings (SSSR count). The number of rotatable bonds is 6. The van der Waals surface area contributed by atoms with E-state index in [0.29, 0.717) is 23.1 Å². The first kappa shape index (κ1) is 13.7. The maximum Gasteiger partial charge on any atom is 0.240 e. The maximum absolute atomic E-state index is 5.32. The van der Waals surface area contributed by atoms with Crippen LogP contribution in [0.1, 0.15) is 11.4 Å². The van der Waals surface area contributed by atoms with Crippen molar-refractivity contribution in [3.05, 3.63) is 61.4 Å². The summed E-state index contributed by atoms with van der Waals surface area (Å²) >= 11 is 0. The molecule has 1 aromatic heterocycles. The zero-order valence-corrected chi connectivity index (χ0v) is 10.6. The van der Waals surface area contributed by atoms with E-state index >= 15 is 0 Å². The number of ether oxygens (including phenoxy) is 2. The van der Waals surface area contributed by atoms with Crippen LogP contribution in [0.4, 0.5) is 0 Å². The molecule has 4 heteroatoms. The van der Waals surface area contributed by atoms with Crippen LogP contribution >= 0.6 is 0 Å². The Balaban J connectivity index is 2.89. The lowest BCUT2D eigenvalue weighted by Crippen LogP contribution is -2.00. The summed E-state index contributed by atoms with van der Waals surface area (Å²) in [5, 5.41) is 0. The van der Waals surface area contributed by atoms with Crippen molar-refractivity contribution in [2.45, 2.75) is 13.8 Å². The zero-order valence-electron chi connectivity index (χ0n) is 10.6. The molecule has 0 spiro atoms. The van der Waals surface area contributed by atoms with Crippen molar-refractivity contribution in [2.75, 3.05) is 0 Å². The average molecular weight is 244 g/mol. The van der Waals surface area contributed by atoms with Crippen molar-refractivity contribution in [3.8, 4) is 11.8 Å². The minimum atomic E-state index is 0.450. The third-order valence-electron chi connectivity index (χ3n) is 1.95. The Morgan fingerprint density at radius 3 is 1.56 bits per heavy atom. The van der Waals surface area contributed by atoms with E-state index in [0.717, 1.165) is 0 Å². The Kier molecular flexibility index (Phi) is 5.38. The first-order valence-electron chi connectivity index (χ1n) is 5.42. The van der Waals surface area contributed by atoms with Gasteiger partial charge in [0.1, 0.15) is 11.4 Å². The van der Waals surface area contributed by atoms with Gasteiger partial charge in [-0.05, 0) is 26.0 Å². The van der Waals surface area contributed by atoms with Gasteiger partial charge in [0.2, 0.25) is 11.8 Å². The monoisotopic (exact) mass is 244 g/mol. The average Bonchev–Trinajstić information content (AvgIpc) is 2.35. The van der Waals surface area contributed by atoms with Crippen LogP contribution < -0.4 is 9.47 Å². The van der Waals surface area contributed by atoms with Crippen molar-refractivity contribution in [1.82, 2.24) is 9.97 Å². The number of hydrogen-bond donors (Lipinski definition) is 0. The molecule has 18 heavy (non-hydrogen) atoms. The van der Waals surface area contributed by atoms with Crippen molar-refractivity contribution >= 4 is 0 Å². The fourth-order valence-electron chi connectivity index (χ4n) is 1.10. The predicted molar refractivity (Wildman–Crippen MR) is 71.4 cm³/mol. The van der Waals surface area contributed by atoms with Gasteiger partial charge in [-0.3, -0.25) is 0 Å². The normalized spacial score (nSPS) is 10.8. The fourth-order valence-corrected chi connectivity index (χ4v) is 1.10. The molecule has 0 saturated carbocycles. The van der Waals surface area contributed by atoms with E-state index in [1.54, 1.807) is 38.2 Å². The topological polar surface area (TPSA) is 44.2 Å². The van der Waals surface area contributed by atoms with Crippen LogP contribution in [0.3, 0.4) is 0 Å². The molecule has 0 saturated heterocycles. The summed E-state index contributed by atoms with van der Waals surface area (Å²) in [6.45, 7) is 10.7. The lowest BCUT2D eigenvalue weighted by atomic mass is 10.4. The third kappa shape index (κ3) is 3.90. The molecule has 0 aliphatic heterocycles. The van der Waals surface area contributed by atoms with Gasteiger partial charge in [0.05, 0.1) is 12.5 Å². The molecular weight excluding hydrogens is 228 g/mol. The van der Waals surface area contributed by atoms with Crippen molar-refractivity contribution in [3.63, 3.8) is 0 Å². The van der Waals surface area contributed by atoms with E-state index in [1.807, 2.05) is 0 Å². The van der Waals surface area contributed by atoms with E-state index in [1.165, 1.54) is 12.5 Å². The zero-order chi connectivity index (χ0) is 13.4. The second kappa shape index (κ2) is 7.06. The molecule has 1 aromatic rings. The van der Waals surface area contributed by atoms with Crippen LogP contribution in [-0.2, 0) is 0 Å². The van der Waals surface area contributed by atoms with Crippen LogP contribution in [0, 0.1) is 13.8 Å². The molecule has 94 valence electrons. The van der Waals surface area contributed by atoms with Gasteiger partial charge < -0.3 is 9.47 Å². The number of allylic oxidation sites excluding steroid dienone is 4. The third-order valence-corrected chi connectivity index (χ3v) is 1.95. The molecule has 1 heterocycles. The highest BCUT2D eigenvalue weighted by molar-refractivity contribution is 5.28. The van der Waals surface area contributed by atoms with E-state index in [-0.39, 0.29) is 0 Å². The van der Waals surface area contributed by atoms with E-state index in [9.17, 15) is 0 Å². The standard InChI is InChI=1S/C14H16N2O2/c1-5-7-9-17-13-11(3)16-14(12(4)15-13)18-10-8-6-2/h5-10H,1-2H2,3-4H3/b9-7+,10-8+. The Bertz CT molecular complexity index is 445. The summed E-state index contributed by atoms with van der Waals surface area (Å²) in [4.78, 5) is 8.54. The first-order valence-corrected chi connectivity index (χ1v) is 5.42. The lowest BCUT2D eigenvalue weighted by molar-refractivity contribution is 0.424. The second-order valence-corrected chi connectivity index (χ2v) is 3.37. The van der Waals surface area contributed by atoms with E-state index in [4.69, 9.17) is 9.47 Å². The van der Waals surface area contributed by atoms with Crippen LogP contribution in [0.25, 0.3) is 0 Å². The molecule has 0 unspecified atom stereocenters. The Morgan fingerprint density at radius 2 is 1.22 bits per heavy atom. The summed E-state index contributed by atoms with van der Waals surface area (Å²) in [6, 6.07) is 0. The van der Waals surface area contributed by atoms with E-state index < -0.39 is 0 Å². The smallest absolute Gasteiger partial charge is 0.240 e. The molecule has 4 nitrogen and oxygen atoms in total. The van der Waals surface area contributed by atoms with Gasteiger partial charge in [0, 0.05) is 0 Å². The maximum atomic E-state index is 5.32. The molecule has 0 fully saturated rings. The van der Waals surface area contributed by atoms with Crippen LogP contribution in [0.2, 0.25) is 0 Å². The molecular formula is C14H16N2O2. The molecule has 0 aliphatic rings. The summed E-state index contributed by atoms with van der Waals surface area (Å²) in [5.41, 5.74) is 1.30. The minimum Gasteiger partial charge on any atom is -0.445 e. The SMILES string of the molecule is C=C/C=C/Oc1nc(C)c(O/C=C/C=C)nc1C. The van der Waals surface area contributed by atoms with Crippen LogP contribution in [0.5, 0.6) is 11.8 Å². The lowest BCUT2D eigenvalue weighted by Gasteiger charge is -2.07. The quantitative estimate of drug-likeness (QED) is 0.569. The number of hydrogen-bond acceptors (Lipinski definition) is 4.